The molecule has 4 heteroatoms. The van der Waals surface area contributed by atoms with Gasteiger partial charge in [-0.1, -0.05) is 0 Å². The predicted octanol–water partition coefficient (Wildman–Crippen LogP) is -0.549. The average molecular weight is 173 g/mol. The minimum Gasteiger partial charge on any atom is -0.356 e. The Bertz CT molecular complexity index is 117. The SMILES string of the molecule is CNCCC(=O)NCCCCN. The second kappa shape index (κ2) is 8.49. The normalized spacial score (nSPS) is 9.83. The zero-order valence-electron chi connectivity index (χ0n) is 7.73. The third-order valence-electron chi connectivity index (χ3n) is 1.56. The fourth-order valence-electron chi connectivity index (χ4n) is 0.824. The van der Waals surface area contributed by atoms with Crippen LogP contribution in [0.25, 0.3) is 0 Å². The highest BCUT2D eigenvalue weighted by Crippen LogP contribution is 1.83. The second-order valence-electron chi connectivity index (χ2n) is 2.70. The number of nitrogens with one attached hydrogen (secondary N) is 2. The molecule has 1 amide bonds. The number of hydrogen-bond acceptors (Lipinski definition) is 3. The fraction of sp³-hybridized carbons (Fsp3) is 0.875. The molecule has 0 atom stereocenters. The van der Waals surface area contributed by atoms with Crippen LogP contribution in [0.2, 0.25) is 0 Å². The highest BCUT2D eigenvalue weighted by atomic mass is 16.1. The van der Waals surface area contributed by atoms with E-state index in [1.54, 1.807) is 0 Å². The van der Waals surface area contributed by atoms with E-state index in [4.69, 9.17) is 5.73 Å². The minimum absolute atomic E-state index is 0.112. The van der Waals surface area contributed by atoms with E-state index in [0.29, 0.717) is 13.0 Å². The molecule has 0 bridgehead atoms. The molecule has 0 saturated heterocycles. The first-order valence-corrected chi connectivity index (χ1v) is 4.42. The number of hydrogen-bond donors (Lipinski definition) is 3. The van der Waals surface area contributed by atoms with Gasteiger partial charge in [0.1, 0.15) is 0 Å². The molecule has 0 heterocycles. The van der Waals surface area contributed by atoms with Crippen molar-refractivity contribution < 1.29 is 4.79 Å². The summed E-state index contributed by atoms with van der Waals surface area (Å²) in [4.78, 5) is 11.0. The summed E-state index contributed by atoms with van der Waals surface area (Å²) in [6, 6.07) is 0. The second-order valence-corrected chi connectivity index (χ2v) is 2.70. The highest BCUT2D eigenvalue weighted by Gasteiger charge is 1.97. The van der Waals surface area contributed by atoms with Gasteiger partial charge in [0, 0.05) is 19.5 Å². The van der Waals surface area contributed by atoms with E-state index in [2.05, 4.69) is 10.6 Å². The van der Waals surface area contributed by atoms with E-state index < -0.39 is 0 Å². The summed E-state index contributed by atoms with van der Waals surface area (Å²) >= 11 is 0. The summed E-state index contributed by atoms with van der Waals surface area (Å²) in [6.45, 7) is 2.19. The number of amides is 1. The maximum Gasteiger partial charge on any atom is 0.221 e. The fourth-order valence-corrected chi connectivity index (χ4v) is 0.824. The lowest BCUT2D eigenvalue weighted by molar-refractivity contribution is -0.120. The number of carbonyl (C=O) groups is 1. The van der Waals surface area contributed by atoms with E-state index in [-0.39, 0.29) is 5.91 Å². The summed E-state index contributed by atoms with van der Waals surface area (Å²) in [7, 11) is 1.84. The largest absolute Gasteiger partial charge is 0.356 e. The van der Waals surface area contributed by atoms with Crippen molar-refractivity contribution >= 4 is 5.91 Å². The van der Waals surface area contributed by atoms with Crippen LogP contribution in [0.1, 0.15) is 19.3 Å². The summed E-state index contributed by atoms with van der Waals surface area (Å²) in [5, 5.41) is 5.74. The van der Waals surface area contributed by atoms with E-state index in [1.807, 2.05) is 7.05 Å². The van der Waals surface area contributed by atoms with Gasteiger partial charge >= 0.3 is 0 Å². The first-order valence-electron chi connectivity index (χ1n) is 4.42. The summed E-state index contributed by atoms with van der Waals surface area (Å²) in [6.07, 6.45) is 2.51. The first-order chi connectivity index (χ1) is 5.81. The van der Waals surface area contributed by atoms with Crippen molar-refractivity contribution in [3.63, 3.8) is 0 Å². The van der Waals surface area contributed by atoms with Gasteiger partial charge in [0.15, 0.2) is 0 Å². The Morgan fingerprint density at radius 1 is 1.33 bits per heavy atom. The van der Waals surface area contributed by atoms with Gasteiger partial charge in [-0.3, -0.25) is 4.79 Å². The van der Waals surface area contributed by atoms with Crippen molar-refractivity contribution in [2.75, 3.05) is 26.7 Å². The van der Waals surface area contributed by atoms with Crippen LogP contribution in [0.4, 0.5) is 0 Å². The summed E-state index contributed by atoms with van der Waals surface area (Å²) in [5.41, 5.74) is 5.30. The lowest BCUT2D eigenvalue weighted by atomic mass is 10.3. The maximum atomic E-state index is 11.0. The number of unbranched alkanes of at least 4 members (excludes halogenated alkanes) is 1. The Balaban J connectivity index is 3.08. The van der Waals surface area contributed by atoms with E-state index >= 15 is 0 Å². The van der Waals surface area contributed by atoms with E-state index in [9.17, 15) is 4.79 Å². The molecule has 0 radical (unpaired) electrons. The van der Waals surface area contributed by atoms with Gasteiger partial charge in [-0.15, -0.1) is 0 Å². The third kappa shape index (κ3) is 7.50. The van der Waals surface area contributed by atoms with Gasteiger partial charge in [0.05, 0.1) is 0 Å². The van der Waals surface area contributed by atoms with Gasteiger partial charge in [-0.25, -0.2) is 0 Å². The Kier molecular flexibility index (Phi) is 8.05. The zero-order valence-corrected chi connectivity index (χ0v) is 7.73. The molecule has 0 aliphatic rings. The molecule has 72 valence electrons. The van der Waals surface area contributed by atoms with Crippen LogP contribution in [-0.4, -0.2) is 32.6 Å². The standard InChI is InChI=1S/C8H19N3O/c1-10-7-4-8(12)11-6-3-2-5-9/h10H,2-7,9H2,1H3,(H,11,12). The van der Waals surface area contributed by atoms with Crippen molar-refractivity contribution in [3.05, 3.63) is 0 Å². The van der Waals surface area contributed by atoms with Gasteiger partial charge in [0.2, 0.25) is 5.91 Å². The first kappa shape index (κ1) is 11.4. The number of nitrogens with two attached hydrogens (primary N) is 1. The molecule has 0 rings (SSSR count). The quantitative estimate of drug-likeness (QED) is 0.453. The lowest BCUT2D eigenvalue weighted by Crippen LogP contribution is -2.27. The van der Waals surface area contributed by atoms with Gasteiger partial charge in [-0.05, 0) is 26.4 Å². The molecule has 0 unspecified atom stereocenters. The van der Waals surface area contributed by atoms with Crippen molar-refractivity contribution in [2.45, 2.75) is 19.3 Å². The van der Waals surface area contributed by atoms with Crippen LogP contribution >= 0.6 is 0 Å². The summed E-state index contributed by atoms with van der Waals surface area (Å²) < 4.78 is 0. The Morgan fingerprint density at radius 3 is 2.67 bits per heavy atom. The van der Waals surface area contributed by atoms with Crippen molar-refractivity contribution in [3.8, 4) is 0 Å². The molecule has 4 nitrogen and oxygen atoms in total. The van der Waals surface area contributed by atoms with Crippen LogP contribution in [0.15, 0.2) is 0 Å². The molecule has 0 fully saturated rings. The number of carbonyl (C=O) groups excluding carboxylic acids is 1. The highest BCUT2D eigenvalue weighted by molar-refractivity contribution is 5.75. The molecule has 0 aromatic carbocycles. The molecule has 4 N–H and O–H groups in total. The van der Waals surface area contributed by atoms with Crippen LogP contribution < -0.4 is 16.4 Å². The van der Waals surface area contributed by atoms with Gasteiger partial charge < -0.3 is 16.4 Å². The monoisotopic (exact) mass is 173 g/mol. The lowest BCUT2D eigenvalue weighted by Gasteiger charge is -2.03. The van der Waals surface area contributed by atoms with Crippen LogP contribution in [-0.2, 0) is 4.79 Å². The smallest absolute Gasteiger partial charge is 0.221 e. The molecule has 0 spiro atoms. The molecular formula is C8H19N3O. The van der Waals surface area contributed by atoms with E-state index in [0.717, 1.165) is 25.9 Å². The Morgan fingerprint density at radius 2 is 2.08 bits per heavy atom. The van der Waals surface area contributed by atoms with Crippen LogP contribution in [0, 0.1) is 0 Å². The average Bonchev–Trinajstić information content (AvgIpc) is 2.09. The molecule has 12 heavy (non-hydrogen) atoms. The van der Waals surface area contributed by atoms with Gasteiger partial charge in [0.25, 0.3) is 0 Å². The van der Waals surface area contributed by atoms with Gasteiger partial charge in [-0.2, -0.15) is 0 Å². The topological polar surface area (TPSA) is 67.2 Å². The van der Waals surface area contributed by atoms with Crippen molar-refractivity contribution in [2.24, 2.45) is 5.73 Å². The van der Waals surface area contributed by atoms with E-state index in [1.165, 1.54) is 0 Å². The summed E-state index contributed by atoms with van der Waals surface area (Å²) in [5.74, 6) is 0.112. The number of rotatable bonds is 7. The maximum absolute atomic E-state index is 11.0. The third-order valence-corrected chi connectivity index (χ3v) is 1.56. The van der Waals surface area contributed by atoms with Crippen molar-refractivity contribution in [1.29, 1.82) is 0 Å². The molecule has 0 saturated carbocycles. The molecular weight excluding hydrogens is 154 g/mol. The Hall–Kier alpha value is -0.610. The zero-order chi connectivity index (χ0) is 9.23. The molecule has 0 aromatic rings. The molecule has 0 aromatic heterocycles. The van der Waals surface area contributed by atoms with Crippen LogP contribution in [0.3, 0.4) is 0 Å². The van der Waals surface area contributed by atoms with Crippen molar-refractivity contribution in [1.82, 2.24) is 10.6 Å². The Labute approximate surface area is 73.9 Å². The molecule has 0 aliphatic heterocycles. The molecule has 0 aliphatic carbocycles. The predicted molar refractivity (Wildman–Crippen MR) is 49.8 cm³/mol. The minimum atomic E-state index is 0.112. The van der Waals surface area contributed by atoms with Crippen LogP contribution in [0.5, 0.6) is 0 Å².